The van der Waals surface area contributed by atoms with Crippen molar-refractivity contribution in [1.29, 1.82) is 5.26 Å². The summed E-state index contributed by atoms with van der Waals surface area (Å²) < 4.78 is 31.8. The Hall–Kier alpha value is -2.61. The fourth-order valence-corrected chi connectivity index (χ4v) is 1.40. The molecule has 0 fully saturated rings. The van der Waals surface area contributed by atoms with Crippen molar-refractivity contribution in [2.24, 2.45) is 0 Å². The van der Waals surface area contributed by atoms with Crippen LogP contribution in [0.3, 0.4) is 0 Å². The van der Waals surface area contributed by atoms with Crippen LogP contribution in [-0.2, 0) is 0 Å². The summed E-state index contributed by atoms with van der Waals surface area (Å²) in [6.45, 7) is 0. The van der Waals surface area contributed by atoms with Crippen molar-refractivity contribution in [3.05, 3.63) is 53.6 Å². The number of nitriles is 1. The largest absolute Gasteiger partial charge is 0.456 e. The van der Waals surface area contributed by atoms with E-state index in [9.17, 15) is 8.78 Å². The number of anilines is 1. The van der Waals surface area contributed by atoms with Gasteiger partial charge in [0.15, 0.2) is 0 Å². The number of nitrogen functional groups attached to an aromatic ring is 1. The van der Waals surface area contributed by atoms with Crippen molar-refractivity contribution >= 4 is 5.69 Å². The molecule has 2 aromatic rings. The predicted molar refractivity (Wildman–Crippen MR) is 62.0 cm³/mol. The summed E-state index contributed by atoms with van der Waals surface area (Å²) in [5.41, 5.74) is 5.08. The van der Waals surface area contributed by atoms with Crippen molar-refractivity contribution < 1.29 is 13.5 Å². The Balaban J connectivity index is 2.37. The van der Waals surface area contributed by atoms with Gasteiger partial charge in [-0.3, -0.25) is 0 Å². The lowest BCUT2D eigenvalue weighted by atomic mass is 10.2. The average molecular weight is 246 g/mol. The topological polar surface area (TPSA) is 59.0 Å². The van der Waals surface area contributed by atoms with E-state index in [2.05, 4.69) is 0 Å². The van der Waals surface area contributed by atoms with E-state index in [1.54, 1.807) is 6.07 Å². The zero-order valence-corrected chi connectivity index (χ0v) is 9.15. The van der Waals surface area contributed by atoms with E-state index in [-0.39, 0.29) is 22.7 Å². The lowest BCUT2D eigenvalue weighted by Crippen LogP contribution is -1.94. The maximum absolute atomic E-state index is 13.3. The van der Waals surface area contributed by atoms with E-state index in [1.807, 2.05) is 0 Å². The van der Waals surface area contributed by atoms with E-state index >= 15 is 0 Å². The van der Waals surface area contributed by atoms with Gasteiger partial charge in [-0.1, -0.05) is 6.07 Å². The van der Waals surface area contributed by atoms with Crippen LogP contribution < -0.4 is 10.5 Å². The van der Waals surface area contributed by atoms with Crippen LogP contribution in [-0.4, -0.2) is 0 Å². The van der Waals surface area contributed by atoms with Gasteiger partial charge in [-0.05, 0) is 24.3 Å². The SMILES string of the molecule is N#Cc1c(F)cccc1Oc1ccc(N)c(F)c1. The third-order valence-electron chi connectivity index (χ3n) is 2.29. The molecule has 2 N–H and O–H groups in total. The van der Waals surface area contributed by atoms with E-state index in [0.29, 0.717) is 0 Å². The average Bonchev–Trinajstić information content (AvgIpc) is 2.34. The standard InChI is InChI=1S/C13H8F2N2O/c14-10-2-1-3-13(9(10)7-16)18-8-4-5-12(17)11(15)6-8/h1-6H,17H2. The molecule has 3 nitrogen and oxygen atoms in total. The molecule has 0 aliphatic heterocycles. The Labute approximate surface area is 102 Å². The quantitative estimate of drug-likeness (QED) is 0.827. The normalized spacial score (nSPS) is 9.83. The number of benzene rings is 2. The summed E-state index contributed by atoms with van der Waals surface area (Å²) in [6, 6.07) is 9.50. The van der Waals surface area contributed by atoms with Crippen LogP contribution in [0.4, 0.5) is 14.5 Å². The molecule has 2 rings (SSSR count). The van der Waals surface area contributed by atoms with Gasteiger partial charge in [-0.25, -0.2) is 8.78 Å². The fraction of sp³-hybridized carbons (Fsp3) is 0. The maximum atomic E-state index is 13.3. The molecule has 18 heavy (non-hydrogen) atoms. The summed E-state index contributed by atoms with van der Waals surface area (Å²) in [6.07, 6.45) is 0. The van der Waals surface area contributed by atoms with Crippen LogP contribution in [0, 0.1) is 23.0 Å². The highest BCUT2D eigenvalue weighted by molar-refractivity contribution is 5.48. The molecular formula is C13H8F2N2O. The summed E-state index contributed by atoms with van der Waals surface area (Å²) in [7, 11) is 0. The lowest BCUT2D eigenvalue weighted by molar-refractivity contribution is 0.469. The minimum Gasteiger partial charge on any atom is -0.456 e. The van der Waals surface area contributed by atoms with Crippen molar-refractivity contribution in [2.45, 2.75) is 0 Å². The summed E-state index contributed by atoms with van der Waals surface area (Å²) in [5.74, 6) is -1.15. The van der Waals surface area contributed by atoms with Crippen molar-refractivity contribution in [3.8, 4) is 17.6 Å². The summed E-state index contributed by atoms with van der Waals surface area (Å²) >= 11 is 0. The maximum Gasteiger partial charge on any atom is 0.149 e. The number of nitrogens with two attached hydrogens (primary N) is 1. The third-order valence-corrected chi connectivity index (χ3v) is 2.29. The third kappa shape index (κ3) is 2.23. The number of rotatable bonds is 2. The molecule has 0 saturated heterocycles. The molecule has 0 saturated carbocycles. The number of hydrogen-bond acceptors (Lipinski definition) is 3. The molecule has 0 unspecified atom stereocenters. The van der Waals surface area contributed by atoms with E-state index in [1.165, 1.54) is 24.3 Å². The van der Waals surface area contributed by atoms with Crippen molar-refractivity contribution in [1.82, 2.24) is 0 Å². The van der Waals surface area contributed by atoms with Gasteiger partial charge in [0, 0.05) is 6.07 Å². The predicted octanol–water partition coefficient (Wildman–Crippen LogP) is 3.21. The highest BCUT2D eigenvalue weighted by Gasteiger charge is 2.10. The monoisotopic (exact) mass is 246 g/mol. The first-order valence-corrected chi connectivity index (χ1v) is 5.03. The molecule has 90 valence electrons. The molecule has 0 amide bonds. The molecule has 0 heterocycles. The van der Waals surface area contributed by atoms with Crippen LogP contribution in [0.5, 0.6) is 11.5 Å². The Morgan fingerprint density at radius 1 is 1.11 bits per heavy atom. The van der Waals surface area contributed by atoms with Crippen molar-refractivity contribution in [2.75, 3.05) is 5.73 Å². The summed E-state index contributed by atoms with van der Waals surface area (Å²) in [5, 5.41) is 8.81. The first kappa shape index (κ1) is 11.9. The Morgan fingerprint density at radius 3 is 2.56 bits per heavy atom. The van der Waals surface area contributed by atoms with Gasteiger partial charge < -0.3 is 10.5 Å². The first-order valence-electron chi connectivity index (χ1n) is 5.03. The molecule has 2 aromatic carbocycles. The second-order valence-corrected chi connectivity index (χ2v) is 3.51. The highest BCUT2D eigenvalue weighted by atomic mass is 19.1. The van der Waals surface area contributed by atoms with Crippen molar-refractivity contribution in [3.63, 3.8) is 0 Å². The Bertz CT molecular complexity index is 635. The Morgan fingerprint density at radius 2 is 1.89 bits per heavy atom. The first-order chi connectivity index (χ1) is 8.61. The van der Waals surface area contributed by atoms with E-state index in [4.69, 9.17) is 15.7 Å². The molecule has 0 bridgehead atoms. The van der Waals surface area contributed by atoms with E-state index < -0.39 is 11.6 Å². The van der Waals surface area contributed by atoms with Crippen LogP contribution in [0.25, 0.3) is 0 Å². The van der Waals surface area contributed by atoms with Gasteiger partial charge in [0.05, 0.1) is 5.69 Å². The zero-order chi connectivity index (χ0) is 13.1. The second-order valence-electron chi connectivity index (χ2n) is 3.51. The number of ether oxygens (including phenoxy) is 1. The van der Waals surface area contributed by atoms with Gasteiger partial charge in [-0.2, -0.15) is 5.26 Å². The summed E-state index contributed by atoms with van der Waals surface area (Å²) in [4.78, 5) is 0. The van der Waals surface area contributed by atoms with Gasteiger partial charge in [-0.15, -0.1) is 0 Å². The van der Waals surface area contributed by atoms with Crippen LogP contribution in [0.2, 0.25) is 0 Å². The zero-order valence-electron chi connectivity index (χ0n) is 9.15. The number of hydrogen-bond donors (Lipinski definition) is 1. The molecule has 0 spiro atoms. The number of nitrogens with zero attached hydrogens (tertiary/aromatic N) is 1. The van der Waals surface area contributed by atoms with Crippen LogP contribution in [0.15, 0.2) is 36.4 Å². The molecule has 0 atom stereocenters. The number of halogens is 2. The van der Waals surface area contributed by atoms with Crippen LogP contribution in [0.1, 0.15) is 5.56 Å². The lowest BCUT2D eigenvalue weighted by Gasteiger charge is -2.08. The fourth-order valence-electron chi connectivity index (χ4n) is 1.40. The van der Waals surface area contributed by atoms with Gasteiger partial charge >= 0.3 is 0 Å². The van der Waals surface area contributed by atoms with E-state index in [0.717, 1.165) is 12.1 Å². The molecule has 0 aliphatic rings. The van der Waals surface area contributed by atoms with Crippen LogP contribution >= 0.6 is 0 Å². The molecule has 0 radical (unpaired) electrons. The van der Waals surface area contributed by atoms with Gasteiger partial charge in [0.1, 0.15) is 34.8 Å². The minimum absolute atomic E-state index is 0.0119. The highest BCUT2D eigenvalue weighted by Crippen LogP contribution is 2.28. The van der Waals surface area contributed by atoms with Gasteiger partial charge in [0.2, 0.25) is 0 Å². The molecule has 0 aromatic heterocycles. The second kappa shape index (κ2) is 4.72. The molecule has 0 aliphatic carbocycles. The Kier molecular flexibility index (Phi) is 3.11. The molecular weight excluding hydrogens is 238 g/mol. The molecule has 5 heteroatoms. The van der Waals surface area contributed by atoms with Gasteiger partial charge in [0.25, 0.3) is 0 Å². The smallest absolute Gasteiger partial charge is 0.149 e. The minimum atomic E-state index is -0.689.